The Morgan fingerprint density at radius 3 is 2.85 bits per heavy atom. The van der Waals surface area contributed by atoms with Crippen molar-refractivity contribution in [2.75, 3.05) is 13.2 Å². The number of hydrogen-bond donors (Lipinski definition) is 1. The Hall–Kier alpha value is -0.610. The number of nitrogens with two attached hydrogens (primary N) is 1. The zero-order valence-electron chi connectivity index (χ0n) is 7.09. The Morgan fingerprint density at radius 2 is 2.23 bits per heavy atom. The molecule has 1 aromatic rings. The van der Waals surface area contributed by atoms with Crippen LogP contribution in [0.5, 0.6) is 5.75 Å². The molecule has 0 fully saturated rings. The van der Waals surface area contributed by atoms with Crippen molar-refractivity contribution in [3.05, 3.63) is 28.5 Å². The minimum atomic E-state index is -0.286. The van der Waals surface area contributed by atoms with Crippen LogP contribution in [0.1, 0.15) is 6.42 Å². The standard InChI is InChI=1S/C9H11BrFNO/c10-8-6-7(2-3-9(8)11)13-5-1-4-12/h2-3,6H,1,4-5,12H2. The molecular formula is C9H11BrFNO. The Morgan fingerprint density at radius 1 is 1.46 bits per heavy atom. The van der Waals surface area contributed by atoms with Crippen LogP contribution in [0.15, 0.2) is 22.7 Å². The molecule has 0 saturated carbocycles. The molecule has 0 aromatic heterocycles. The first-order chi connectivity index (χ1) is 6.24. The normalized spacial score (nSPS) is 10.1. The van der Waals surface area contributed by atoms with E-state index in [1.165, 1.54) is 6.07 Å². The number of ether oxygens (including phenoxy) is 1. The van der Waals surface area contributed by atoms with Crippen LogP contribution in [-0.4, -0.2) is 13.2 Å². The van der Waals surface area contributed by atoms with Crippen LogP contribution in [0, 0.1) is 5.82 Å². The van der Waals surface area contributed by atoms with E-state index in [9.17, 15) is 4.39 Å². The van der Waals surface area contributed by atoms with E-state index >= 15 is 0 Å². The summed E-state index contributed by atoms with van der Waals surface area (Å²) in [6, 6.07) is 4.56. The highest BCUT2D eigenvalue weighted by Crippen LogP contribution is 2.21. The van der Waals surface area contributed by atoms with Gasteiger partial charge >= 0.3 is 0 Å². The van der Waals surface area contributed by atoms with E-state index in [-0.39, 0.29) is 5.82 Å². The van der Waals surface area contributed by atoms with E-state index in [2.05, 4.69) is 15.9 Å². The Labute approximate surface area is 85.0 Å². The molecule has 2 N–H and O–H groups in total. The molecule has 0 aliphatic rings. The smallest absolute Gasteiger partial charge is 0.137 e. The van der Waals surface area contributed by atoms with Crippen molar-refractivity contribution in [1.29, 1.82) is 0 Å². The fourth-order valence-electron chi connectivity index (χ4n) is 0.840. The van der Waals surface area contributed by atoms with Crippen LogP contribution >= 0.6 is 15.9 Å². The summed E-state index contributed by atoms with van der Waals surface area (Å²) < 4.78 is 18.5. The lowest BCUT2D eigenvalue weighted by Gasteiger charge is -2.05. The number of halogens is 2. The van der Waals surface area contributed by atoms with E-state index in [4.69, 9.17) is 10.5 Å². The van der Waals surface area contributed by atoms with Crippen molar-refractivity contribution < 1.29 is 9.13 Å². The molecule has 0 heterocycles. The first-order valence-corrected chi connectivity index (χ1v) is 4.81. The van der Waals surface area contributed by atoms with Crippen LogP contribution < -0.4 is 10.5 Å². The summed E-state index contributed by atoms with van der Waals surface area (Å²) >= 11 is 3.08. The summed E-state index contributed by atoms with van der Waals surface area (Å²) in [4.78, 5) is 0. The highest BCUT2D eigenvalue weighted by molar-refractivity contribution is 9.10. The first kappa shape index (κ1) is 10.5. The summed E-state index contributed by atoms with van der Waals surface area (Å²) in [6.07, 6.45) is 0.801. The summed E-state index contributed by atoms with van der Waals surface area (Å²) in [7, 11) is 0. The van der Waals surface area contributed by atoms with Gasteiger partial charge in [-0.2, -0.15) is 0 Å². The van der Waals surface area contributed by atoms with Gasteiger partial charge in [-0.05, 0) is 47.1 Å². The largest absolute Gasteiger partial charge is 0.494 e. The van der Waals surface area contributed by atoms with Crippen molar-refractivity contribution in [2.24, 2.45) is 5.73 Å². The lowest BCUT2D eigenvalue weighted by atomic mass is 10.3. The SMILES string of the molecule is NCCCOc1ccc(F)c(Br)c1. The topological polar surface area (TPSA) is 35.2 Å². The molecule has 0 radical (unpaired) electrons. The van der Waals surface area contributed by atoms with Gasteiger partial charge in [0.2, 0.25) is 0 Å². The summed E-state index contributed by atoms with van der Waals surface area (Å²) in [6.45, 7) is 1.16. The van der Waals surface area contributed by atoms with Crippen LogP contribution in [0.3, 0.4) is 0 Å². The van der Waals surface area contributed by atoms with Crippen molar-refractivity contribution in [3.8, 4) is 5.75 Å². The maximum atomic E-state index is 12.8. The van der Waals surface area contributed by atoms with Crippen molar-refractivity contribution in [3.63, 3.8) is 0 Å². The lowest BCUT2D eigenvalue weighted by Crippen LogP contribution is -2.06. The highest BCUT2D eigenvalue weighted by Gasteiger charge is 2.00. The van der Waals surface area contributed by atoms with Gasteiger partial charge in [-0.15, -0.1) is 0 Å². The lowest BCUT2D eigenvalue weighted by molar-refractivity contribution is 0.312. The predicted octanol–water partition coefficient (Wildman–Crippen LogP) is 2.32. The molecule has 4 heteroatoms. The molecule has 0 atom stereocenters. The van der Waals surface area contributed by atoms with E-state index in [0.29, 0.717) is 23.4 Å². The molecular weight excluding hydrogens is 237 g/mol. The fourth-order valence-corrected chi connectivity index (χ4v) is 1.20. The van der Waals surface area contributed by atoms with E-state index in [0.717, 1.165) is 6.42 Å². The van der Waals surface area contributed by atoms with Crippen LogP contribution in [-0.2, 0) is 0 Å². The molecule has 1 rings (SSSR count). The zero-order valence-corrected chi connectivity index (χ0v) is 8.68. The Balaban J connectivity index is 2.53. The molecule has 0 aliphatic heterocycles. The second kappa shape index (κ2) is 5.19. The molecule has 0 spiro atoms. The molecule has 0 aliphatic carbocycles. The molecule has 0 saturated heterocycles. The van der Waals surface area contributed by atoms with Gasteiger partial charge in [0.25, 0.3) is 0 Å². The molecule has 0 bridgehead atoms. The average Bonchev–Trinajstić information content (AvgIpc) is 2.12. The van der Waals surface area contributed by atoms with Gasteiger partial charge in [-0.3, -0.25) is 0 Å². The predicted molar refractivity (Wildman–Crippen MR) is 53.3 cm³/mol. The van der Waals surface area contributed by atoms with Gasteiger partial charge in [0.1, 0.15) is 11.6 Å². The van der Waals surface area contributed by atoms with Crippen LogP contribution in [0.25, 0.3) is 0 Å². The number of hydrogen-bond acceptors (Lipinski definition) is 2. The van der Waals surface area contributed by atoms with E-state index < -0.39 is 0 Å². The summed E-state index contributed by atoms with van der Waals surface area (Å²) in [5.74, 6) is 0.368. The minimum Gasteiger partial charge on any atom is -0.494 e. The maximum Gasteiger partial charge on any atom is 0.137 e. The maximum absolute atomic E-state index is 12.8. The second-order valence-electron chi connectivity index (χ2n) is 2.57. The third-order valence-corrected chi connectivity index (χ3v) is 2.12. The van der Waals surface area contributed by atoms with Gasteiger partial charge in [0.15, 0.2) is 0 Å². The van der Waals surface area contributed by atoms with Gasteiger partial charge in [0, 0.05) is 0 Å². The third-order valence-electron chi connectivity index (χ3n) is 1.51. The molecule has 72 valence electrons. The van der Waals surface area contributed by atoms with Gasteiger partial charge in [-0.1, -0.05) is 0 Å². The molecule has 2 nitrogen and oxygen atoms in total. The average molecular weight is 248 g/mol. The zero-order chi connectivity index (χ0) is 9.68. The van der Waals surface area contributed by atoms with Gasteiger partial charge in [0.05, 0.1) is 11.1 Å². The quantitative estimate of drug-likeness (QED) is 0.830. The number of rotatable bonds is 4. The Kier molecular flexibility index (Phi) is 4.18. The summed E-state index contributed by atoms with van der Waals surface area (Å²) in [5.41, 5.74) is 5.30. The molecule has 13 heavy (non-hydrogen) atoms. The third kappa shape index (κ3) is 3.32. The molecule has 0 amide bonds. The van der Waals surface area contributed by atoms with E-state index in [1.54, 1.807) is 12.1 Å². The van der Waals surface area contributed by atoms with Crippen molar-refractivity contribution >= 4 is 15.9 Å². The van der Waals surface area contributed by atoms with Gasteiger partial charge in [-0.25, -0.2) is 4.39 Å². The molecule has 1 aromatic carbocycles. The number of benzene rings is 1. The highest BCUT2D eigenvalue weighted by atomic mass is 79.9. The van der Waals surface area contributed by atoms with Gasteiger partial charge < -0.3 is 10.5 Å². The fraction of sp³-hybridized carbons (Fsp3) is 0.333. The summed E-state index contributed by atoms with van der Waals surface area (Å²) in [5, 5.41) is 0. The van der Waals surface area contributed by atoms with Crippen LogP contribution in [0.4, 0.5) is 4.39 Å². The first-order valence-electron chi connectivity index (χ1n) is 4.02. The van der Waals surface area contributed by atoms with Crippen LogP contribution in [0.2, 0.25) is 0 Å². The van der Waals surface area contributed by atoms with Crippen molar-refractivity contribution in [1.82, 2.24) is 0 Å². The monoisotopic (exact) mass is 247 g/mol. The Bertz CT molecular complexity index is 280. The molecule has 0 unspecified atom stereocenters. The van der Waals surface area contributed by atoms with Crippen molar-refractivity contribution in [2.45, 2.75) is 6.42 Å². The van der Waals surface area contributed by atoms with E-state index in [1.807, 2.05) is 0 Å². The second-order valence-corrected chi connectivity index (χ2v) is 3.42. The minimum absolute atomic E-state index is 0.286.